The smallest absolute Gasteiger partial charge is 0.262 e. The van der Waals surface area contributed by atoms with Crippen LogP contribution in [0.1, 0.15) is 20.7 Å². The Labute approximate surface area is 200 Å². The number of imide groups is 1. The van der Waals surface area contributed by atoms with Gasteiger partial charge in [0.25, 0.3) is 11.8 Å². The maximum absolute atomic E-state index is 13.0. The first-order valence-corrected chi connectivity index (χ1v) is 12.4. The second kappa shape index (κ2) is 9.29. The van der Waals surface area contributed by atoms with Crippen LogP contribution in [-0.4, -0.2) is 60.0 Å². The van der Waals surface area contributed by atoms with Crippen molar-refractivity contribution in [2.24, 2.45) is 0 Å². The molecule has 4 rings (SSSR count). The van der Waals surface area contributed by atoms with Gasteiger partial charge >= 0.3 is 0 Å². The van der Waals surface area contributed by atoms with Crippen molar-refractivity contribution in [2.45, 2.75) is 4.90 Å². The lowest BCUT2D eigenvalue weighted by atomic mass is 10.1. The molecule has 0 spiro atoms. The number of fused-ring (bicyclic) bond motifs is 2. The lowest BCUT2D eigenvalue weighted by Gasteiger charge is -2.18. The van der Waals surface area contributed by atoms with Crippen molar-refractivity contribution in [1.29, 1.82) is 0 Å². The molecule has 3 aromatic rings. The van der Waals surface area contributed by atoms with Crippen LogP contribution in [0.25, 0.3) is 10.2 Å². The van der Waals surface area contributed by atoms with Gasteiger partial charge in [-0.1, -0.05) is 35.6 Å². The molecule has 1 aliphatic rings. The summed E-state index contributed by atoms with van der Waals surface area (Å²) in [5.74, 6) is -1.65. The quantitative estimate of drug-likeness (QED) is 0.360. The fourth-order valence-electron chi connectivity index (χ4n) is 3.51. The van der Waals surface area contributed by atoms with E-state index in [0.717, 1.165) is 16.2 Å². The fraction of sp³-hybridized carbons (Fsp3) is 0.130. The molecule has 0 atom stereocenters. The molecule has 1 N–H and O–H groups in total. The molecule has 174 valence electrons. The third-order valence-electron chi connectivity index (χ3n) is 5.09. The molecule has 2 heterocycles. The van der Waals surface area contributed by atoms with Gasteiger partial charge in [-0.15, -0.1) is 13.2 Å². The Morgan fingerprint density at radius 1 is 1.06 bits per heavy atom. The van der Waals surface area contributed by atoms with Crippen LogP contribution in [-0.2, 0) is 14.8 Å². The predicted octanol–water partition coefficient (Wildman–Crippen LogP) is 2.89. The molecule has 0 saturated heterocycles. The van der Waals surface area contributed by atoms with Crippen LogP contribution in [0.15, 0.2) is 72.7 Å². The molecule has 1 aliphatic heterocycles. The average Bonchev–Trinajstić information content (AvgIpc) is 3.32. The monoisotopic (exact) mass is 496 g/mol. The van der Waals surface area contributed by atoms with E-state index in [9.17, 15) is 22.8 Å². The number of sulfonamides is 1. The highest BCUT2D eigenvalue weighted by atomic mass is 32.2. The number of nitrogens with one attached hydrogen (secondary N) is 1. The van der Waals surface area contributed by atoms with Crippen LogP contribution in [0, 0.1) is 0 Å². The van der Waals surface area contributed by atoms with Crippen molar-refractivity contribution in [1.82, 2.24) is 14.2 Å². The minimum absolute atomic E-state index is 0.0799. The summed E-state index contributed by atoms with van der Waals surface area (Å²) in [7, 11) is -3.78. The summed E-state index contributed by atoms with van der Waals surface area (Å²) in [5.41, 5.74) is 1.02. The van der Waals surface area contributed by atoms with Crippen molar-refractivity contribution in [3.8, 4) is 0 Å². The van der Waals surface area contributed by atoms with Gasteiger partial charge < -0.3 is 5.32 Å². The Morgan fingerprint density at radius 2 is 1.68 bits per heavy atom. The zero-order valence-corrected chi connectivity index (χ0v) is 19.6. The van der Waals surface area contributed by atoms with E-state index in [1.54, 1.807) is 18.2 Å². The lowest BCUT2D eigenvalue weighted by molar-refractivity contribution is -0.116. The molecule has 0 fully saturated rings. The van der Waals surface area contributed by atoms with Gasteiger partial charge in [-0.3, -0.25) is 19.3 Å². The number of nitrogens with zero attached hydrogens (tertiary/aromatic N) is 3. The van der Waals surface area contributed by atoms with E-state index in [4.69, 9.17) is 0 Å². The lowest BCUT2D eigenvalue weighted by Crippen LogP contribution is -2.37. The van der Waals surface area contributed by atoms with Crippen LogP contribution < -0.4 is 5.32 Å². The second-order valence-corrected chi connectivity index (χ2v) is 10.3. The molecule has 0 unspecified atom stereocenters. The molecule has 2 aromatic carbocycles. The van der Waals surface area contributed by atoms with Gasteiger partial charge in [-0.25, -0.2) is 13.4 Å². The molecule has 0 radical (unpaired) electrons. The Hall–Kier alpha value is -3.67. The van der Waals surface area contributed by atoms with Crippen molar-refractivity contribution in [2.75, 3.05) is 25.0 Å². The molecular formula is C23H20N4O5S2. The Balaban J connectivity index is 1.51. The third kappa shape index (κ3) is 4.28. The summed E-state index contributed by atoms with van der Waals surface area (Å²) in [6.07, 6.45) is 2.99. The van der Waals surface area contributed by atoms with Crippen LogP contribution in [0.5, 0.6) is 0 Å². The summed E-state index contributed by atoms with van der Waals surface area (Å²) in [4.78, 5) is 42.7. The standard InChI is InChI=1S/C23H20N4O5S2/c1-3-11-26(12-4-2)34(31,32)15-9-10-18-19(13-15)33-23(24-18)25-20(28)14-27-21(29)16-7-5-6-8-17(16)22(27)30/h3-10,13H,1-2,11-12,14H2,(H,24,25,28). The Bertz CT molecular complexity index is 1400. The second-order valence-electron chi connectivity index (χ2n) is 7.34. The summed E-state index contributed by atoms with van der Waals surface area (Å²) < 4.78 is 27.7. The van der Waals surface area contributed by atoms with Crippen molar-refractivity contribution < 1.29 is 22.8 Å². The first-order valence-electron chi connectivity index (χ1n) is 10.1. The largest absolute Gasteiger partial charge is 0.300 e. The molecule has 3 amide bonds. The third-order valence-corrected chi connectivity index (χ3v) is 7.85. The highest BCUT2D eigenvalue weighted by Gasteiger charge is 2.36. The minimum Gasteiger partial charge on any atom is -0.300 e. The van der Waals surface area contributed by atoms with Crippen LogP contribution in [0.3, 0.4) is 0 Å². The fourth-order valence-corrected chi connectivity index (χ4v) is 5.92. The first-order chi connectivity index (χ1) is 16.3. The van der Waals surface area contributed by atoms with Crippen molar-refractivity contribution in [3.63, 3.8) is 0 Å². The zero-order valence-electron chi connectivity index (χ0n) is 17.9. The molecule has 0 aliphatic carbocycles. The average molecular weight is 497 g/mol. The molecule has 0 saturated carbocycles. The first kappa shape index (κ1) is 23.5. The van der Waals surface area contributed by atoms with E-state index in [-0.39, 0.29) is 34.2 Å². The van der Waals surface area contributed by atoms with Crippen LogP contribution in [0.4, 0.5) is 5.13 Å². The number of anilines is 1. The Morgan fingerprint density at radius 3 is 2.26 bits per heavy atom. The molecule has 11 heteroatoms. The highest BCUT2D eigenvalue weighted by Crippen LogP contribution is 2.29. The van der Waals surface area contributed by atoms with Gasteiger partial charge in [0.05, 0.1) is 26.2 Å². The van der Waals surface area contributed by atoms with E-state index >= 15 is 0 Å². The number of rotatable bonds is 9. The van der Waals surface area contributed by atoms with Gasteiger partial charge in [0.15, 0.2) is 5.13 Å². The highest BCUT2D eigenvalue weighted by molar-refractivity contribution is 7.89. The summed E-state index contributed by atoms with van der Waals surface area (Å²) in [5, 5.41) is 2.81. The topological polar surface area (TPSA) is 117 Å². The van der Waals surface area contributed by atoms with Crippen LogP contribution in [0.2, 0.25) is 0 Å². The van der Waals surface area contributed by atoms with Gasteiger partial charge in [0.2, 0.25) is 15.9 Å². The maximum atomic E-state index is 13.0. The van der Waals surface area contributed by atoms with Crippen molar-refractivity contribution >= 4 is 54.4 Å². The predicted molar refractivity (Wildman–Crippen MR) is 129 cm³/mol. The van der Waals surface area contributed by atoms with E-state index in [2.05, 4.69) is 23.5 Å². The van der Waals surface area contributed by atoms with E-state index in [1.807, 2.05) is 0 Å². The number of hydrogen-bond acceptors (Lipinski definition) is 7. The molecular weight excluding hydrogens is 476 g/mol. The van der Waals surface area contributed by atoms with E-state index in [0.29, 0.717) is 10.2 Å². The summed E-state index contributed by atoms with van der Waals surface area (Å²) in [6, 6.07) is 10.9. The number of hydrogen-bond donors (Lipinski definition) is 1. The van der Waals surface area contributed by atoms with Gasteiger partial charge in [0, 0.05) is 13.1 Å². The van der Waals surface area contributed by atoms with Gasteiger partial charge in [-0.2, -0.15) is 4.31 Å². The van der Waals surface area contributed by atoms with E-state index < -0.39 is 34.3 Å². The van der Waals surface area contributed by atoms with Gasteiger partial charge in [-0.05, 0) is 30.3 Å². The number of carbonyl (C=O) groups excluding carboxylic acids is 3. The molecule has 0 bridgehead atoms. The molecule has 9 nitrogen and oxygen atoms in total. The van der Waals surface area contributed by atoms with Gasteiger partial charge in [0.1, 0.15) is 6.54 Å². The number of carbonyl (C=O) groups is 3. The number of aromatic nitrogens is 1. The summed E-state index contributed by atoms with van der Waals surface area (Å²) in [6.45, 7) is 7.00. The Kier molecular flexibility index (Phi) is 6.42. The molecule has 1 aromatic heterocycles. The molecule has 34 heavy (non-hydrogen) atoms. The normalized spacial score (nSPS) is 13.4. The van der Waals surface area contributed by atoms with E-state index in [1.165, 1.54) is 40.7 Å². The van der Waals surface area contributed by atoms with Crippen LogP contribution >= 0.6 is 11.3 Å². The SMILES string of the molecule is C=CCN(CC=C)S(=O)(=O)c1ccc2nc(NC(=O)CN3C(=O)c4ccccc4C3=O)sc2c1. The number of thiazole rings is 1. The summed E-state index contributed by atoms with van der Waals surface area (Å²) >= 11 is 1.09. The zero-order chi connectivity index (χ0) is 24.5. The maximum Gasteiger partial charge on any atom is 0.262 e. The number of amides is 3. The van der Waals surface area contributed by atoms with Crippen molar-refractivity contribution in [3.05, 3.63) is 78.9 Å². The number of benzene rings is 2. The minimum atomic E-state index is -3.78.